The van der Waals surface area contributed by atoms with E-state index in [2.05, 4.69) is 20.9 Å². The Morgan fingerprint density at radius 3 is 2.96 bits per heavy atom. The standard InChI is InChI=1S/C19H23N5O/c1-13-3-2-4-16-19(13)22-17(21-16)7-8-18(25)23-9-10-24(14-5-6-14)15(11-20)12-23/h2-4,14-15H,5-10,12H2,1H3,(H,21,22). The molecule has 2 aliphatic rings. The zero-order chi connectivity index (χ0) is 17.4. The van der Waals surface area contributed by atoms with Gasteiger partial charge in [-0.05, 0) is 31.4 Å². The molecule has 1 aromatic heterocycles. The van der Waals surface area contributed by atoms with Gasteiger partial charge in [-0.25, -0.2) is 4.98 Å². The van der Waals surface area contributed by atoms with Crippen molar-refractivity contribution in [3.63, 3.8) is 0 Å². The second kappa shape index (κ2) is 6.49. The van der Waals surface area contributed by atoms with Crippen molar-refractivity contribution in [3.05, 3.63) is 29.6 Å². The Hall–Kier alpha value is -2.39. The van der Waals surface area contributed by atoms with E-state index >= 15 is 0 Å². The topological polar surface area (TPSA) is 76.0 Å². The second-order valence-electron chi connectivity index (χ2n) is 7.11. The van der Waals surface area contributed by atoms with Crippen LogP contribution in [0.3, 0.4) is 0 Å². The van der Waals surface area contributed by atoms with Crippen molar-refractivity contribution in [3.8, 4) is 6.07 Å². The highest BCUT2D eigenvalue weighted by atomic mass is 16.2. The normalized spacial score (nSPS) is 21.4. The third kappa shape index (κ3) is 3.24. The number of piperazine rings is 1. The number of para-hydroxylation sites is 1. The number of rotatable bonds is 4. The largest absolute Gasteiger partial charge is 0.342 e. The molecule has 1 atom stereocenters. The molecule has 1 amide bonds. The smallest absolute Gasteiger partial charge is 0.223 e. The molecular formula is C19H23N5O. The number of amides is 1. The number of aromatic amines is 1. The molecular weight excluding hydrogens is 314 g/mol. The van der Waals surface area contributed by atoms with Crippen LogP contribution in [0.5, 0.6) is 0 Å². The zero-order valence-electron chi connectivity index (χ0n) is 14.5. The summed E-state index contributed by atoms with van der Waals surface area (Å²) in [4.78, 5) is 24.6. The van der Waals surface area contributed by atoms with Gasteiger partial charge in [0.25, 0.3) is 0 Å². The highest BCUT2D eigenvalue weighted by Crippen LogP contribution is 2.30. The molecule has 1 unspecified atom stereocenters. The average Bonchev–Trinajstić information content (AvgIpc) is 3.38. The number of imidazole rings is 1. The van der Waals surface area contributed by atoms with Gasteiger partial charge in [0.2, 0.25) is 5.91 Å². The average molecular weight is 337 g/mol. The summed E-state index contributed by atoms with van der Waals surface area (Å²) in [5, 5.41) is 9.41. The lowest BCUT2D eigenvalue weighted by Crippen LogP contribution is -2.54. The Morgan fingerprint density at radius 2 is 2.24 bits per heavy atom. The SMILES string of the molecule is Cc1cccc2[nH]c(CCC(=O)N3CCN(C4CC4)C(C#N)C3)nc12. The molecule has 2 aromatic rings. The Morgan fingerprint density at radius 1 is 1.40 bits per heavy atom. The zero-order valence-corrected chi connectivity index (χ0v) is 14.5. The fraction of sp³-hybridized carbons (Fsp3) is 0.526. The van der Waals surface area contributed by atoms with E-state index in [4.69, 9.17) is 0 Å². The minimum Gasteiger partial charge on any atom is -0.342 e. The van der Waals surface area contributed by atoms with Crippen LogP contribution in [0.4, 0.5) is 0 Å². The molecule has 1 aliphatic carbocycles. The van der Waals surface area contributed by atoms with E-state index in [1.54, 1.807) is 0 Å². The highest BCUT2D eigenvalue weighted by Gasteiger charge is 2.38. The number of nitriles is 1. The number of nitrogens with zero attached hydrogens (tertiary/aromatic N) is 4. The van der Waals surface area contributed by atoms with Crippen LogP contribution in [-0.4, -0.2) is 57.4 Å². The first kappa shape index (κ1) is 16.1. The minimum atomic E-state index is -0.154. The molecule has 0 bridgehead atoms. The fourth-order valence-corrected chi connectivity index (χ4v) is 3.71. The Bertz CT molecular complexity index is 832. The first-order valence-corrected chi connectivity index (χ1v) is 9.03. The van der Waals surface area contributed by atoms with Crippen molar-refractivity contribution in [2.24, 2.45) is 0 Å². The van der Waals surface area contributed by atoms with E-state index in [9.17, 15) is 10.1 Å². The monoisotopic (exact) mass is 337 g/mol. The van der Waals surface area contributed by atoms with Crippen LogP contribution in [0.25, 0.3) is 11.0 Å². The number of hydrogen-bond acceptors (Lipinski definition) is 4. The van der Waals surface area contributed by atoms with E-state index in [0.717, 1.165) is 35.5 Å². The predicted octanol–water partition coefficient (Wildman–Crippen LogP) is 2.00. The Labute approximate surface area is 147 Å². The number of fused-ring (bicyclic) bond motifs is 1. The van der Waals surface area contributed by atoms with E-state index in [0.29, 0.717) is 25.4 Å². The Balaban J connectivity index is 1.37. The van der Waals surface area contributed by atoms with E-state index in [1.807, 2.05) is 30.0 Å². The molecule has 1 N–H and O–H groups in total. The molecule has 130 valence electrons. The van der Waals surface area contributed by atoms with Crippen LogP contribution in [0.1, 0.15) is 30.7 Å². The maximum atomic E-state index is 12.6. The second-order valence-corrected chi connectivity index (χ2v) is 7.11. The lowest BCUT2D eigenvalue weighted by molar-refractivity contribution is -0.133. The fourth-order valence-electron chi connectivity index (χ4n) is 3.71. The maximum absolute atomic E-state index is 12.6. The number of benzene rings is 1. The molecule has 2 fully saturated rings. The molecule has 1 aliphatic heterocycles. The van der Waals surface area contributed by atoms with E-state index in [1.165, 1.54) is 12.8 Å². The molecule has 6 nitrogen and oxygen atoms in total. The van der Waals surface area contributed by atoms with Gasteiger partial charge in [-0.2, -0.15) is 5.26 Å². The van der Waals surface area contributed by atoms with Gasteiger partial charge in [0, 0.05) is 38.5 Å². The summed E-state index contributed by atoms with van der Waals surface area (Å²) in [6.07, 6.45) is 3.42. The molecule has 1 saturated heterocycles. The third-order valence-corrected chi connectivity index (χ3v) is 5.28. The van der Waals surface area contributed by atoms with Crippen LogP contribution < -0.4 is 0 Å². The summed E-state index contributed by atoms with van der Waals surface area (Å²) >= 11 is 0. The van der Waals surface area contributed by atoms with Crippen LogP contribution in [0.15, 0.2) is 18.2 Å². The predicted molar refractivity (Wildman–Crippen MR) is 94.9 cm³/mol. The number of carbonyl (C=O) groups is 1. The quantitative estimate of drug-likeness (QED) is 0.926. The number of H-pyrrole nitrogens is 1. The first-order chi connectivity index (χ1) is 12.2. The van der Waals surface area contributed by atoms with E-state index in [-0.39, 0.29) is 11.9 Å². The van der Waals surface area contributed by atoms with Crippen molar-refractivity contribution >= 4 is 16.9 Å². The van der Waals surface area contributed by atoms with Crippen LogP contribution >= 0.6 is 0 Å². The molecule has 1 saturated carbocycles. The highest BCUT2D eigenvalue weighted by molar-refractivity contribution is 5.79. The third-order valence-electron chi connectivity index (χ3n) is 5.28. The number of nitrogens with one attached hydrogen (secondary N) is 1. The number of carbonyl (C=O) groups excluding carboxylic acids is 1. The van der Waals surface area contributed by atoms with Gasteiger partial charge in [0.05, 0.1) is 17.1 Å². The summed E-state index contributed by atoms with van der Waals surface area (Å²) in [6.45, 7) is 4.12. The summed E-state index contributed by atoms with van der Waals surface area (Å²) in [7, 11) is 0. The lowest BCUT2D eigenvalue weighted by Gasteiger charge is -2.38. The summed E-state index contributed by atoms with van der Waals surface area (Å²) in [6, 6.07) is 8.84. The molecule has 4 rings (SSSR count). The van der Waals surface area contributed by atoms with Gasteiger partial charge in [0.1, 0.15) is 11.9 Å². The van der Waals surface area contributed by atoms with Gasteiger partial charge in [-0.3, -0.25) is 9.69 Å². The number of aromatic nitrogens is 2. The van der Waals surface area contributed by atoms with Gasteiger partial charge < -0.3 is 9.88 Å². The van der Waals surface area contributed by atoms with Crippen LogP contribution in [0, 0.1) is 18.3 Å². The van der Waals surface area contributed by atoms with Crippen molar-refractivity contribution in [2.75, 3.05) is 19.6 Å². The molecule has 0 spiro atoms. The molecule has 2 heterocycles. The van der Waals surface area contributed by atoms with Crippen LogP contribution in [0.2, 0.25) is 0 Å². The van der Waals surface area contributed by atoms with Crippen molar-refractivity contribution in [1.29, 1.82) is 5.26 Å². The van der Waals surface area contributed by atoms with Crippen LogP contribution in [-0.2, 0) is 11.2 Å². The van der Waals surface area contributed by atoms with Crippen molar-refractivity contribution in [1.82, 2.24) is 19.8 Å². The molecule has 25 heavy (non-hydrogen) atoms. The van der Waals surface area contributed by atoms with Gasteiger partial charge in [-0.15, -0.1) is 0 Å². The van der Waals surface area contributed by atoms with Gasteiger partial charge >= 0.3 is 0 Å². The summed E-state index contributed by atoms with van der Waals surface area (Å²) in [5.41, 5.74) is 3.14. The molecule has 1 aromatic carbocycles. The molecule has 0 radical (unpaired) electrons. The van der Waals surface area contributed by atoms with Gasteiger partial charge in [0.15, 0.2) is 0 Å². The first-order valence-electron chi connectivity index (χ1n) is 9.03. The van der Waals surface area contributed by atoms with Crippen molar-refractivity contribution < 1.29 is 4.79 Å². The summed E-state index contributed by atoms with van der Waals surface area (Å²) in [5.74, 6) is 0.971. The Kier molecular flexibility index (Phi) is 4.18. The minimum absolute atomic E-state index is 0.118. The van der Waals surface area contributed by atoms with E-state index < -0.39 is 0 Å². The summed E-state index contributed by atoms with van der Waals surface area (Å²) < 4.78 is 0. The number of aryl methyl sites for hydroxylation is 2. The van der Waals surface area contributed by atoms with Crippen molar-refractivity contribution in [2.45, 2.75) is 44.7 Å². The van der Waals surface area contributed by atoms with Gasteiger partial charge in [-0.1, -0.05) is 12.1 Å². The molecule has 6 heteroatoms. The number of hydrogen-bond donors (Lipinski definition) is 1. The maximum Gasteiger partial charge on any atom is 0.223 e. The lowest BCUT2D eigenvalue weighted by atomic mass is 10.1.